The first-order chi connectivity index (χ1) is 9.85. The Morgan fingerprint density at radius 1 is 1.24 bits per heavy atom. The Hall–Kier alpha value is -1.95. The van der Waals surface area contributed by atoms with Crippen molar-refractivity contribution in [2.75, 3.05) is 45.0 Å². The number of amides is 3. The molecular weight excluding hydrogens is 292 g/mol. The normalized spacial score (nSPS) is 9.95. The zero-order valence-corrected chi connectivity index (χ0v) is 13.5. The highest BCUT2D eigenvalue weighted by atomic mass is 35.5. The van der Waals surface area contributed by atoms with Crippen LogP contribution in [0.2, 0.25) is 5.02 Å². The topological polar surface area (TPSA) is 64.7 Å². The highest BCUT2D eigenvalue weighted by Crippen LogP contribution is 2.27. The van der Waals surface area contributed by atoms with Gasteiger partial charge in [0.25, 0.3) is 0 Å². The molecule has 0 unspecified atom stereocenters. The van der Waals surface area contributed by atoms with Gasteiger partial charge in [0.2, 0.25) is 5.91 Å². The molecule has 0 spiro atoms. The summed E-state index contributed by atoms with van der Waals surface area (Å²) in [5, 5.41) is 5.87. The van der Waals surface area contributed by atoms with Gasteiger partial charge in [-0.1, -0.05) is 11.6 Å². The number of benzene rings is 1. The molecule has 0 radical (unpaired) electrons. The third-order valence-electron chi connectivity index (χ3n) is 2.98. The lowest BCUT2D eigenvalue weighted by molar-refractivity contribution is -0.120. The summed E-state index contributed by atoms with van der Waals surface area (Å²) in [5.74, 6) is -0.105. The molecule has 1 aromatic rings. The van der Waals surface area contributed by atoms with E-state index in [0.29, 0.717) is 17.3 Å². The van der Waals surface area contributed by atoms with Crippen molar-refractivity contribution in [2.45, 2.75) is 6.42 Å². The van der Waals surface area contributed by atoms with E-state index in [1.54, 1.807) is 26.2 Å². The molecule has 0 aromatic heterocycles. The quantitative estimate of drug-likeness (QED) is 0.874. The van der Waals surface area contributed by atoms with Crippen molar-refractivity contribution in [3.05, 3.63) is 23.2 Å². The second-order valence-electron chi connectivity index (χ2n) is 4.83. The van der Waals surface area contributed by atoms with Crippen molar-refractivity contribution in [3.63, 3.8) is 0 Å². The number of carbonyl (C=O) groups is 2. The van der Waals surface area contributed by atoms with Crippen LogP contribution < -0.4 is 15.5 Å². The SMILES string of the molecule is CNC(=O)CCN(C)C(=O)Nc1cc(Cl)ccc1N(C)C. The minimum atomic E-state index is -0.288. The molecule has 0 saturated carbocycles. The van der Waals surface area contributed by atoms with E-state index >= 15 is 0 Å². The molecule has 0 saturated heterocycles. The van der Waals surface area contributed by atoms with Gasteiger partial charge in [-0.25, -0.2) is 4.79 Å². The summed E-state index contributed by atoms with van der Waals surface area (Å²) in [4.78, 5) is 26.7. The largest absolute Gasteiger partial charge is 0.376 e. The standard InChI is InChI=1S/C14H21ClN4O2/c1-16-13(20)7-8-19(4)14(21)17-11-9-10(15)5-6-12(11)18(2)3/h5-6,9H,7-8H2,1-4H3,(H,16,20)(H,17,21). The highest BCUT2D eigenvalue weighted by molar-refractivity contribution is 6.31. The van der Waals surface area contributed by atoms with Crippen LogP contribution in [-0.2, 0) is 4.79 Å². The van der Waals surface area contributed by atoms with Crippen molar-refractivity contribution in [1.29, 1.82) is 0 Å². The zero-order chi connectivity index (χ0) is 16.0. The number of nitrogens with one attached hydrogen (secondary N) is 2. The van der Waals surface area contributed by atoms with E-state index in [-0.39, 0.29) is 18.4 Å². The van der Waals surface area contributed by atoms with Crippen LogP contribution in [0.4, 0.5) is 16.2 Å². The van der Waals surface area contributed by atoms with Crippen molar-refractivity contribution in [2.24, 2.45) is 0 Å². The first-order valence-electron chi connectivity index (χ1n) is 6.54. The Kier molecular flexibility index (Phi) is 6.30. The summed E-state index contributed by atoms with van der Waals surface area (Å²) < 4.78 is 0. The Bertz CT molecular complexity index is 520. The third-order valence-corrected chi connectivity index (χ3v) is 3.22. The molecule has 0 aliphatic carbocycles. The van der Waals surface area contributed by atoms with E-state index in [9.17, 15) is 9.59 Å². The van der Waals surface area contributed by atoms with Gasteiger partial charge in [0.15, 0.2) is 0 Å². The summed E-state index contributed by atoms with van der Waals surface area (Å²) >= 11 is 5.97. The van der Waals surface area contributed by atoms with E-state index in [1.807, 2.05) is 25.1 Å². The number of hydrogen-bond acceptors (Lipinski definition) is 3. The lowest BCUT2D eigenvalue weighted by atomic mass is 10.2. The van der Waals surface area contributed by atoms with E-state index < -0.39 is 0 Å². The molecule has 0 aliphatic rings. The van der Waals surface area contributed by atoms with Gasteiger partial charge in [-0.05, 0) is 18.2 Å². The van der Waals surface area contributed by atoms with Crippen molar-refractivity contribution in [3.8, 4) is 0 Å². The summed E-state index contributed by atoms with van der Waals surface area (Å²) in [6.45, 7) is 0.337. The maximum Gasteiger partial charge on any atom is 0.321 e. The third kappa shape index (κ3) is 5.15. The first-order valence-corrected chi connectivity index (χ1v) is 6.92. The van der Waals surface area contributed by atoms with Crippen LogP contribution in [-0.4, -0.2) is 51.6 Å². The second kappa shape index (κ2) is 7.73. The number of hydrogen-bond donors (Lipinski definition) is 2. The van der Waals surface area contributed by atoms with Crippen LogP contribution in [0, 0.1) is 0 Å². The van der Waals surface area contributed by atoms with Crippen molar-refractivity contribution < 1.29 is 9.59 Å². The predicted molar refractivity (Wildman–Crippen MR) is 86.1 cm³/mol. The van der Waals surface area contributed by atoms with Gasteiger partial charge in [0.05, 0.1) is 11.4 Å². The van der Waals surface area contributed by atoms with Gasteiger partial charge in [-0.15, -0.1) is 0 Å². The molecule has 3 amide bonds. The molecule has 1 rings (SSSR count). The van der Waals surface area contributed by atoms with Crippen LogP contribution in [0.25, 0.3) is 0 Å². The molecule has 0 fully saturated rings. The number of halogens is 1. The Balaban J connectivity index is 2.74. The van der Waals surface area contributed by atoms with Crippen LogP contribution in [0.1, 0.15) is 6.42 Å². The van der Waals surface area contributed by atoms with E-state index in [2.05, 4.69) is 10.6 Å². The van der Waals surface area contributed by atoms with Crippen molar-refractivity contribution >= 4 is 34.9 Å². The number of nitrogens with zero attached hydrogens (tertiary/aromatic N) is 2. The van der Waals surface area contributed by atoms with Gasteiger partial charge in [0.1, 0.15) is 0 Å². The second-order valence-corrected chi connectivity index (χ2v) is 5.27. The molecule has 116 valence electrons. The summed E-state index contributed by atoms with van der Waals surface area (Å²) in [6.07, 6.45) is 0.260. The molecule has 21 heavy (non-hydrogen) atoms. The zero-order valence-electron chi connectivity index (χ0n) is 12.7. The van der Waals surface area contributed by atoms with Gasteiger partial charge in [0, 0.05) is 46.2 Å². The number of anilines is 2. The fourth-order valence-electron chi connectivity index (χ4n) is 1.70. The predicted octanol–water partition coefficient (Wildman–Crippen LogP) is 2.01. The number of urea groups is 1. The summed E-state index contributed by atoms with van der Waals surface area (Å²) in [6, 6.07) is 5.01. The van der Waals surface area contributed by atoms with Crippen molar-refractivity contribution in [1.82, 2.24) is 10.2 Å². The van der Waals surface area contributed by atoms with E-state index in [4.69, 9.17) is 11.6 Å². The van der Waals surface area contributed by atoms with Gasteiger partial charge in [-0.3, -0.25) is 4.79 Å². The summed E-state index contributed by atoms with van der Waals surface area (Å²) in [7, 11) is 6.97. The molecule has 6 nitrogen and oxygen atoms in total. The average Bonchev–Trinajstić information content (AvgIpc) is 2.43. The average molecular weight is 313 g/mol. The lowest BCUT2D eigenvalue weighted by Gasteiger charge is -2.21. The first kappa shape index (κ1) is 17.1. The van der Waals surface area contributed by atoms with E-state index in [0.717, 1.165) is 5.69 Å². The van der Waals surface area contributed by atoms with Crippen LogP contribution in [0.5, 0.6) is 0 Å². The number of rotatable bonds is 5. The molecule has 1 aromatic carbocycles. The van der Waals surface area contributed by atoms with Gasteiger partial charge in [-0.2, -0.15) is 0 Å². The molecular formula is C14H21ClN4O2. The minimum Gasteiger partial charge on any atom is -0.376 e. The highest BCUT2D eigenvalue weighted by Gasteiger charge is 2.13. The Labute approximate surface area is 130 Å². The minimum absolute atomic E-state index is 0.105. The molecule has 7 heteroatoms. The Morgan fingerprint density at radius 2 is 1.90 bits per heavy atom. The maximum atomic E-state index is 12.1. The molecule has 2 N–H and O–H groups in total. The van der Waals surface area contributed by atoms with Crippen LogP contribution in [0.3, 0.4) is 0 Å². The molecule has 0 heterocycles. The molecule has 0 atom stereocenters. The van der Waals surface area contributed by atoms with Gasteiger partial charge >= 0.3 is 6.03 Å². The van der Waals surface area contributed by atoms with E-state index in [1.165, 1.54) is 4.90 Å². The monoisotopic (exact) mass is 312 g/mol. The lowest BCUT2D eigenvalue weighted by Crippen LogP contribution is -2.34. The molecule has 0 bridgehead atoms. The summed E-state index contributed by atoms with van der Waals surface area (Å²) in [5.41, 5.74) is 1.48. The fourth-order valence-corrected chi connectivity index (χ4v) is 1.88. The van der Waals surface area contributed by atoms with Gasteiger partial charge < -0.3 is 20.4 Å². The number of carbonyl (C=O) groups excluding carboxylic acids is 2. The maximum absolute atomic E-state index is 12.1. The smallest absolute Gasteiger partial charge is 0.321 e. The van der Waals surface area contributed by atoms with Crippen LogP contribution in [0.15, 0.2) is 18.2 Å². The van der Waals surface area contributed by atoms with Crippen LogP contribution >= 0.6 is 11.6 Å². The fraction of sp³-hybridized carbons (Fsp3) is 0.429. The molecule has 0 aliphatic heterocycles. The Morgan fingerprint density at radius 3 is 2.48 bits per heavy atom.